The standard InChI is InChI=1S/C10H21NO2/c1-9(12-2)8-11-6-5-10-4-3-7-13-10/h9-11H,3-8H2,1-2H3. The fourth-order valence-corrected chi connectivity index (χ4v) is 1.52. The third-order valence-electron chi connectivity index (χ3n) is 2.50. The van der Waals surface area contributed by atoms with E-state index in [1.807, 2.05) is 0 Å². The summed E-state index contributed by atoms with van der Waals surface area (Å²) in [5.41, 5.74) is 0. The molecule has 1 aliphatic rings. The minimum absolute atomic E-state index is 0.310. The SMILES string of the molecule is COC(C)CNCCC1CCCO1. The molecule has 0 saturated carbocycles. The van der Waals surface area contributed by atoms with Crippen LogP contribution in [0.3, 0.4) is 0 Å². The second-order valence-corrected chi connectivity index (χ2v) is 3.67. The Balaban J connectivity index is 1.88. The van der Waals surface area contributed by atoms with Crippen molar-refractivity contribution in [1.29, 1.82) is 0 Å². The largest absolute Gasteiger partial charge is 0.380 e. The van der Waals surface area contributed by atoms with Gasteiger partial charge in [-0.2, -0.15) is 0 Å². The molecule has 1 rings (SSSR count). The maximum absolute atomic E-state index is 5.52. The van der Waals surface area contributed by atoms with Gasteiger partial charge in [0.15, 0.2) is 0 Å². The van der Waals surface area contributed by atoms with Crippen molar-refractivity contribution in [3.05, 3.63) is 0 Å². The second-order valence-electron chi connectivity index (χ2n) is 3.67. The Morgan fingerprint density at radius 3 is 3.08 bits per heavy atom. The Morgan fingerprint density at radius 2 is 2.46 bits per heavy atom. The van der Waals surface area contributed by atoms with Crippen molar-refractivity contribution in [3.8, 4) is 0 Å². The molecule has 0 amide bonds. The molecule has 3 heteroatoms. The van der Waals surface area contributed by atoms with E-state index >= 15 is 0 Å². The first-order valence-electron chi connectivity index (χ1n) is 5.18. The molecule has 1 fully saturated rings. The molecule has 13 heavy (non-hydrogen) atoms. The van der Waals surface area contributed by atoms with Gasteiger partial charge in [0.1, 0.15) is 0 Å². The van der Waals surface area contributed by atoms with Crippen molar-refractivity contribution < 1.29 is 9.47 Å². The minimum atomic E-state index is 0.310. The highest BCUT2D eigenvalue weighted by molar-refractivity contribution is 4.66. The van der Waals surface area contributed by atoms with Crippen LogP contribution in [0.5, 0.6) is 0 Å². The Kier molecular flexibility index (Phi) is 5.35. The van der Waals surface area contributed by atoms with Gasteiger partial charge >= 0.3 is 0 Å². The third-order valence-corrected chi connectivity index (χ3v) is 2.50. The van der Waals surface area contributed by atoms with Crippen molar-refractivity contribution in [2.75, 3.05) is 26.8 Å². The Bertz CT molecular complexity index is 124. The summed E-state index contributed by atoms with van der Waals surface area (Å²) in [6.07, 6.45) is 4.42. The molecule has 0 radical (unpaired) electrons. The minimum Gasteiger partial charge on any atom is -0.380 e. The predicted molar refractivity (Wildman–Crippen MR) is 52.9 cm³/mol. The monoisotopic (exact) mass is 187 g/mol. The lowest BCUT2D eigenvalue weighted by atomic mass is 10.2. The fraction of sp³-hybridized carbons (Fsp3) is 1.00. The van der Waals surface area contributed by atoms with Gasteiger partial charge in [0.2, 0.25) is 0 Å². The normalized spacial score (nSPS) is 24.9. The van der Waals surface area contributed by atoms with E-state index in [0.717, 1.165) is 26.1 Å². The van der Waals surface area contributed by atoms with Crippen molar-refractivity contribution in [1.82, 2.24) is 5.32 Å². The molecular weight excluding hydrogens is 166 g/mol. The van der Waals surface area contributed by atoms with Gasteiger partial charge in [-0.05, 0) is 32.7 Å². The molecule has 1 heterocycles. The molecule has 2 atom stereocenters. The third kappa shape index (κ3) is 4.60. The predicted octanol–water partition coefficient (Wildman–Crippen LogP) is 1.18. The lowest BCUT2D eigenvalue weighted by Crippen LogP contribution is -2.28. The van der Waals surface area contributed by atoms with E-state index < -0.39 is 0 Å². The lowest BCUT2D eigenvalue weighted by Gasteiger charge is -2.12. The molecule has 0 aromatic carbocycles. The zero-order valence-corrected chi connectivity index (χ0v) is 8.71. The zero-order chi connectivity index (χ0) is 9.52. The Labute approximate surface area is 80.8 Å². The molecule has 3 nitrogen and oxygen atoms in total. The number of hydrogen-bond donors (Lipinski definition) is 1. The van der Waals surface area contributed by atoms with Crippen molar-refractivity contribution in [2.24, 2.45) is 0 Å². The van der Waals surface area contributed by atoms with Crippen LogP contribution in [0, 0.1) is 0 Å². The highest BCUT2D eigenvalue weighted by Crippen LogP contribution is 2.14. The smallest absolute Gasteiger partial charge is 0.0667 e. The number of rotatable bonds is 6. The van der Waals surface area contributed by atoms with E-state index in [2.05, 4.69) is 12.2 Å². The lowest BCUT2D eigenvalue weighted by molar-refractivity contribution is 0.0978. The summed E-state index contributed by atoms with van der Waals surface area (Å²) >= 11 is 0. The van der Waals surface area contributed by atoms with E-state index in [1.54, 1.807) is 7.11 Å². The van der Waals surface area contributed by atoms with Gasteiger partial charge in [-0.15, -0.1) is 0 Å². The van der Waals surface area contributed by atoms with Crippen LogP contribution >= 0.6 is 0 Å². The van der Waals surface area contributed by atoms with Gasteiger partial charge in [0, 0.05) is 20.3 Å². The summed E-state index contributed by atoms with van der Waals surface area (Å²) in [5.74, 6) is 0. The van der Waals surface area contributed by atoms with E-state index in [4.69, 9.17) is 9.47 Å². The van der Waals surface area contributed by atoms with Gasteiger partial charge in [-0.3, -0.25) is 0 Å². The Hall–Kier alpha value is -0.120. The second kappa shape index (κ2) is 6.35. The first-order chi connectivity index (χ1) is 6.33. The Morgan fingerprint density at radius 1 is 1.62 bits per heavy atom. The summed E-state index contributed by atoms with van der Waals surface area (Å²) in [7, 11) is 1.74. The number of ether oxygens (including phenoxy) is 2. The van der Waals surface area contributed by atoms with Gasteiger partial charge in [0.05, 0.1) is 12.2 Å². The van der Waals surface area contributed by atoms with E-state index in [0.29, 0.717) is 12.2 Å². The molecule has 0 aromatic rings. The molecule has 0 bridgehead atoms. The van der Waals surface area contributed by atoms with Crippen molar-refractivity contribution in [3.63, 3.8) is 0 Å². The summed E-state index contributed by atoms with van der Waals surface area (Å²) < 4.78 is 10.6. The molecule has 0 aromatic heterocycles. The zero-order valence-electron chi connectivity index (χ0n) is 8.71. The first-order valence-corrected chi connectivity index (χ1v) is 5.18. The van der Waals surface area contributed by atoms with E-state index in [-0.39, 0.29) is 0 Å². The average Bonchev–Trinajstić information content (AvgIpc) is 2.64. The fourth-order valence-electron chi connectivity index (χ4n) is 1.52. The van der Waals surface area contributed by atoms with E-state index in [9.17, 15) is 0 Å². The van der Waals surface area contributed by atoms with Crippen molar-refractivity contribution in [2.45, 2.75) is 38.4 Å². The van der Waals surface area contributed by atoms with Gasteiger partial charge in [-0.1, -0.05) is 0 Å². The van der Waals surface area contributed by atoms with Crippen molar-refractivity contribution >= 4 is 0 Å². The first kappa shape index (κ1) is 11.0. The molecule has 0 aliphatic carbocycles. The van der Waals surface area contributed by atoms with Crippen LogP contribution in [0.15, 0.2) is 0 Å². The van der Waals surface area contributed by atoms with Crippen LogP contribution in [-0.4, -0.2) is 39.0 Å². The molecule has 1 saturated heterocycles. The van der Waals surface area contributed by atoms with Crippen LogP contribution in [0.4, 0.5) is 0 Å². The molecule has 2 unspecified atom stereocenters. The van der Waals surface area contributed by atoms with Gasteiger partial charge in [0.25, 0.3) is 0 Å². The molecule has 1 aliphatic heterocycles. The average molecular weight is 187 g/mol. The van der Waals surface area contributed by atoms with Crippen LogP contribution in [0.1, 0.15) is 26.2 Å². The summed E-state index contributed by atoms with van der Waals surface area (Å²) in [6.45, 7) is 5.00. The topological polar surface area (TPSA) is 30.5 Å². The van der Waals surface area contributed by atoms with Gasteiger partial charge in [-0.25, -0.2) is 0 Å². The van der Waals surface area contributed by atoms with Gasteiger partial charge < -0.3 is 14.8 Å². The number of methoxy groups -OCH3 is 1. The maximum atomic E-state index is 5.52. The maximum Gasteiger partial charge on any atom is 0.0667 e. The highest BCUT2D eigenvalue weighted by Gasteiger charge is 2.14. The summed E-state index contributed by atoms with van der Waals surface area (Å²) in [5, 5.41) is 3.36. The molecule has 78 valence electrons. The van der Waals surface area contributed by atoms with Crippen LogP contribution in [-0.2, 0) is 9.47 Å². The van der Waals surface area contributed by atoms with E-state index in [1.165, 1.54) is 12.8 Å². The highest BCUT2D eigenvalue weighted by atomic mass is 16.5. The van der Waals surface area contributed by atoms with Crippen LogP contribution in [0.2, 0.25) is 0 Å². The number of nitrogens with one attached hydrogen (secondary N) is 1. The molecule has 1 N–H and O–H groups in total. The quantitative estimate of drug-likeness (QED) is 0.633. The van der Waals surface area contributed by atoms with Crippen LogP contribution < -0.4 is 5.32 Å². The molecular formula is C10H21NO2. The molecule has 0 spiro atoms. The summed E-state index contributed by atoms with van der Waals surface area (Å²) in [4.78, 5) is 0. The summed E-state index contributed by atoms with van der Waals surface area (Å²) in [6, 6.07) is 0. The number of hydrogen-bond acceptors (Lipinski definition) is 3. The van der Waals surface area contributed by atoms with Crippen LogP contribution in [0.25, 0.3) is 0 Å².